The van der Waals surface area contributed by atoms with E-state index in [-0.39, 0.29) is 24.1 Å². The molecule has 0 aliphatic heterocycles. The number of rotatable bonds is 4. The van der Waals surface area contributed by atoms with Crippen LogP contribution in [-0.2, 0) is 0 Å². The van der Waals surface area contributed by atoms with Gasteiger partial charge in [-0.25, -0.2) is 4.39 Å². The van der Waals surface area contributed by atoms with Crippen molar-refractivity contribution in [3.63, 3.8) is 0 Å². The highest BCUT2D eigenvalue weighted by Gasteiger charge is 2.25. The molecule has 0 radical (unpaired) electrons. The zero-order chi connectivity index (χ0) is 15.2. The molecule has 116 valence electrons. The summed E-state index contributed by atoms with van der Waals surface area (Å²) in [4.78, 5) is 12.2. The highest BCUT2D eigenvalue weighted by Crippen LogP contribution is 2.24. The topological polar surface area (TPSA) is 58.6 Å². The van der Waals surface area contributed by atoms with Gasteiger partial charge < -0.3 is 15.2 Å². The van der Waals surface area contributed by atoms with Gasteiger partial charge in [0.05, 0.1) is 12.7 Å². The number of aliphatic hydroxyl groups is 1. The first-order chi connectivity index (χ1) is 10.2. The van der Waals surface area contributed by atoms with E-state index in [0.29, 0.717) is 5.75 Å². The van der Waals surface area contributed by atoms with Gasteiger partial charge in [0.15, 0.2) is 0 Å². The molecule has 0 spiro atoms. The van der Waals surface area contributed by atoms with Crippen LogP contribution in [0.2, 0.25) is 0 Å². The number of carbonyl (C=O) groups is 1. The molecule has 0 aromatic heterocycles. The van der Waals surface area contributed by atoms with Crippen LogP contribution < -0.4 is 10.1 Å². The van der Waals surface area contributed by atoms with Crippen molar-refractivity contribution in [3.8, 4) is 5.75 Å². The Morgan fingerprint density at radius 1 is 1.38 bits per heavy atom. The molecule has 1 aliphatic carbocycles. The Bertz CT molecular complexity index is 492. The van der Waals surface area contributed by atoms with Crippen LogP contribution in [-0.4, -0.2) is 30.8 Å². The molecule has 1 aromatic carbocycles. The SMILES string of the molecule is COc1ccc(C(=O)NC2CCCCCC2CO)c(F)c1. The molecule has 1 aliphatic rings. The first-order valence-corrected chi connectivity index (χ1v) is 7.41. The van der Waals surface area contributed by atoms with Gasteiger partial charge in [-0.1, -0.05) is 19.3 Å². The molecule has 2 atom stereocenters. The Hall–Kier alpha value is -1.62. The summed E-state index contributed by atoms with van der Waals surface area (Å²) in [5.41, 5.74) is 0.0109. The van der Waals surface area contributed by atoms with Crippen LogP contribution in [0.15, 0.2) is 18.2 Å². The summed E-state index contributed by atoms with van der Waals surface area (Å²) in [7, 11) is 1.45. The molecule has 0 bridgehead atoms. The third-order valence-corrected chi connectivity index (χ3v) is 4.13. The standard InChI is InChI=1S/C16H22FNO3/c1-21-12-7-8-13(14(17)9-12)16(20)18-15-6-4-2-3-5-11(15)10-19/h7-9,11,15,19H,2-6,10H2,1H3,(H,18,20). The summed E-state index contributed by atoms with van der Waals surface area (Å²) in [6.45, 7) is 0.0516. The van der Waals surface area contributed by atoms with Crippen molar-refractivity contribution in [2.75, 3.05) is 13.7 Å². The Labute approximate surface area is 124 Å². The van der Waals surface area contributed by atoms with E-state index in [4.69, 9.17) is 4.74 Å². The highest BCUT2D eigenvalue weighted by atomic mass is 19.1. The minimum atomic E-state index is -0.596. The summed E-state index contributed by atoms with van der Waals surface area (Å²) in [6, 6.07) is 4.10. The van der Waals surface area contributed by atoms with E-state index >= 15 is 0 Å². The van der Waals surface area contributed by atoms with Gasteiger partial charge in [0.1, 0.15) is 11.6 Å². The fourth-order valence-electron chi connectivity index (χ4n) is 2.85. The quantitative estimate of drug-likeness (QED) is 0.839. The number of methoxy groups -OCH3 is 1. The van der Waals surface area contributed by atoms with Crippen molar-refractivity contribution in [3.05, 3.63) is 29.6 Å². The Kier molecular flexibility index (Phi) is 5.56. The van der Waals surface area contributed by atoms with E-state index in [1.165, 1.54) is 19.2 Å². The zero-order valence-corrected chi connectivity index (χ0v) is 12.3. The number of halogens is 1. The zero-order valence-electron chi connectivity index (χ0n) is 12.3. The average Bonchev–Trinajstić information content (AvgIpc) is 2.71. The summed E-state index contributed by atoms with van der Waals surface area (Å²) in [5, 5.41) is 12.3. The van der Waals surface area contributed by atoms with E-state index < -0.39 is 11.7 Å². The molecular formula is C16H22FNO3. The smallest absolute Gasteiger partial charge is 0.254 e. The van der Waals surface area contributed by atoms with Gasteiger partial charge >= 0.3 is 0 Å². The summed E-state index contributed by atoms with van der Waals surface area (Å²) >= 11 is 0. The molecule has 1 aromatic rings. The minimum Gasteiger partial charge on any atom is -0.497 e. The van der Waals surface area contributed by atoms with Crippen LogP contribution in [0.25, 0.3) is 0 Å². The van der Waals surface area contributed by atoms with Crippen LogP contribution >= 0.6 is 0 Å². The van der Waals surface area contributed by atoms with Gasteiger partial charge in [0.2, 0.25) is 0 Å². The number of hydrogen-bond donors (Lipinski definition) is 2. The second-order valence-electron chi connectivity index (χ2n) is 5.51. The fraction of sp³-hybridized carbons (Fsp3) is 0.562. The Balaban J connectivity index is 2.09. The molecule has 4 nitrogen and oxygen atoms in total. The number of nitrogens with one attached hydrogen (secondary N) is 1. The molecule has 0 saturated heterocycles. The number of ether oxygens (including phenoxy) is 1. The van der Waals surface area contributed by atoms with E-state index in [0.717, 1.165) is 32.1 Å². The Morgan fingerprint density at radius 3 is 2.81 bits per heavy atom. The predicted molar refractivity (Wildman–Crippen MR) is 77.9 cm³/mol. The molecule has 2 rings (SSSR count). The lowest BCUT2D eigenvalue weighted by Crippen LogP contribution is -2.41. The molecule has 21 heavy (non-hydrogen) atoms. The van der Waals surface area contributed by atoms with Gasteiger partial charge in [-0.05, 0) is 25.0 Å². The number of hydrogen-bond acceptors (Lipinski definition) is 3. The third kappa shape index (κ3) is 3.94. The van der Waals surface area contributed by atoms with Gasteiger partial charge in [0, 0.05) is 24.6 Å². The summed E-state index contributed by atoms with van der Waals surface area (Å²) in [5.74, 6) is -0.592. The van der Waals surface area contributed by atoms with E-state index in [1.807, 2.05) is 0 Å². The average molecular weight is 295 g/mol. The molecule has 1 fully saturated rings. The molecule has 2 N–H and O–H groups in total. The first kappa shape index (κ1) is 15.8. The van der Waals surface area contributed by atoms with E-state index in [1.54, 1.807) is 6.07 Å². The van der Waals surface area contributed by atoms with Crippen molar-refractivity contribution in [1.29, 1.82) is 0 Å². The number of aliphatic hydroxyl groups excluding tert-OH is 1. The summed E-state index contributed by atoms with van der Waals surface area (Å²) < 4.78 is 18.8. The monoisotopic (exact) mass is 295 g/mol. The first-order valence-electron chi connectivity index (χ1n) is 7.41. The molecule has 1 amide bonds. The maximum atomic E-state index is 13.9. The van der Waals surface area contributed by atoms with Gasteiger partial charge in [-0.2, -0.15) is 0 Å². The lowest BCUT2D eigenvalue weighted by molar-refractivity contribution is 0.0895. The maximum Gasteiger partial charge on any atom is 0.254 e. The second kappa shape index (κ2) is 7.41. The molecule has 2 unspecified atom stereocenters. The van der Waals surface area contributed by atoms with Crippen molar-refractivity contribution in [2.45, 2.75) is 38.1 Å². The second-order valence-corrected chi connectivity index (χ2v) is 5.51. The Morgan fingerprint density at radius 2 is 2.14 bits per heavy atom. The van der Waals surface area contributed by atoms with Crippen LogP contribution in [0.1, 0.15) is 42.5 Å². The highest BCUT2D eigenvalue weighted by molar-refractivity contribution is 5.94. The fourth-order valence-corrected chi connectivity index (χ4v) is 2.85. The van der Waals surface area contributed by atoms with Crippen molar-refractivity contribution in [1.82, 2.24) is 5.32 Å². The van der Waals surface area contributed by atoms with Crippen molar-refractivity contribution < 1.29 is 19.0 Å². The molecule has 5 heteroatoms. The number of benzene rings is 1. The maximum absolute atomic E-state index is 13.9. The third-order valence-electron chi connectivity index (χ3n) is 4.13. The number of amides is 1. The van der Waals surface area contributed by atoms with Gasteiger partial charge in [0.25, 0.3) is 5.91 Å². The van der Waals surface area contributed by atoms with Crippen LogP contribution in [0.4, 0.5) is 4.39 Å². The van der Waals surface area contributed by atoms with E-state index in [9.17, 15) is 14.3 Å². The van der Waals surface area contributed by atoms with Crippen molar-refractivity contribution >= 4 is 5.91 Å². The number of carbonyl (C=O) groups excluding carboxylic acids is 1. The van der Waals surface area contributed by atoms with Crippen LogP contribution in [0.3, 0.4) is 0 Å². The largest absolute Gasteiger partial charge is 0.497 e. The normalized spacial score (nSPS) is 22.4. The lowest BCUT2D eigenvalue weighted by atomic mass is 9.95. The van der Waals surface area contributed by atoms with Crippen LogP contribution in [0, 0.1) is 11.7 Å². The van der Waals surface area contributed by atoms with Crippen molar-refractivity contribution in [2.24, 2.45) is 5.92 Å². The van der Waals surface area contributed by atoms with Gasteiger partial charge in [-0.3, -0.25) is 4.79 Å². The van der Waals surface area contributed by atoms with E-state index in [2.05, 4.69) is 5.32 Å². The molecule has 1 saturated carbocycles. The van der Waals surface area contributed by atoms with Gasteiger partial charge in [-0.15, -0.1) is 0 Å². The minimum absolute atomic E-state index is 0.0109. The summed E-state index contributed by atoms with van der Waals surface area (Å²) in [6.07, 6.45) is 4.92. The molecular weight excluding hydrogens is 273 g/mol. The molecule has 0 heterocycles. The predicted octanol–water partition coefficient (Wildman–Crippen LogP) is 2.51. The van der Waals surface area contributed by atoms with Crippen LogP contribution in [0.5, 0.6) is 5.75 Å². The lowest BCUT2D eigenvalue weighted by Gasteiger charge is -2.24.